The molecule has 62 valence electrons. The molecular formula is C8H7FN2O. The molecule has 0 amide bonds. The average molecular weight is 166 g/mol. The molecule has 2 aromatic rings. The van der Waals surface area contributed by atoms with Gasteiger partial charge >= 0.3 is 5.69 Å². The van der Waals surface area contributed by atoms with Gasteiger partial charge in [-0.25, -0.2) is 9.20 Å². The highest BCUT2D eigenvalue weighted by Crippen LogP contribution is 2.05. The first-order valence-electron chi connectivity index (χ1n) is 3.55. The van der Waals surface area contributed by atoms with Crippen LogP contribution in [0.2, 0.25) is 0 Å². The summed E-state index contributed by atoms with van der Waals surface area (Å²) < 4.78 is 13.9. The molecule has 0 aromatic carbocycles. The number of rotatable bonds is 0. The highest BCUT2D eigenvalue weighted by molar-refractivity contribution is 5.47. The second-order valence-electron chi connectivity index (χ2n) is 2.67. The number of aromatic nitrogens is 2. The molecule has 3 nitrogen and oxygen atoms in total. The van der Waals surface area contributed by atoms with Gasteiger partial charge in [-0.15, -0.1) is 0 Å². The summed E-state index contributed by atoms with van der Waals surface area (Å²) in [7, 11) is 0. The van der Waals surface area contributed by atoms with E-state index in [1.54, 1.807) is 19.1 Å². The zero-order valence-corrected chi connectivity index (χ0v) is 6.47. The summed E-state index contributed by atoms with van der Waals surface area (Å²) >= 11 is 0. The minimum absolute atomic E-state index is 0.437. The van der Waals surface area contributed by atoms with E-state index in [0.29, 0.717) is 5.52 Å². The fourth-order valence-electron chi connectivity index (χ4n) is 1.24. The zero-order chi connectivity index (χ0) is 8.72. The summed E-state index contributed by atoms with van der Waals surface area (Å²) in [5, 5.41) is 0. The lowest BCUT2D eigenvalue weighted by atomic mass is 10.4. The molecule has 2 rings (SSSR count). The molecule has 2 heterocycles. The van der Waals surface area contributed by atoms with Crippen LogP contribution in [-0.4, -0.2) is 9.38 Å². The van der Waals surface area contributed by atoms with E-state index in [1.807, 2.05) is 0 Å². The van der Waals surface area contributed by atoms with Gasteiger partial charge in [0.25, 0.3) is 0 Å². The normalized spacial score (nSPS) is 10.8. The van der Waals surface area contributed by atoms with E-state index >= 15 is 0 Å². The third kappa shape index (κ3) is 0.845. The largest absolute Gasteiger partial charge is 0.332 e. The van der Waals surface area contributed by atoms with Crippen molar-refractivity contribution in [2.45, 2.75) is 6.92 Å². The topological polar surface area (TPSA) is 37.3 Å². The van der Waals surface area contributed by atoms with Gasteiger partial charge in [0.05, 0.1) is 5.52 Å². The number of aromatic amines is 1. The van der Waals surface area contributed by atoms with Crippen molar-refractivity contribution >= 4 is 5.52 Å². The number of fused-ring (bicyclic) bond motifs is 1. The fourth-order valence-corrected chi connectivity index (χ4v) is 1.24. The number of halogens is 1. The van der Waals surface area contributed by atoms with Gasteiger partial charge < -0.3 is 4.98 Å². The first kappa shape index (κ1) is 7.09. The van der Waals surface area contributed by atoms with Crippen molar-refractivity contribution in [3.05, 3.63) is 40.3 Å². The molecule has 0 aliphatic carbocycles. The average Bonchev–Trinajstić information content (AvgIpc) is 2.31. The lowest BCUT2D eigenvalue weighted by Gasteiger charge is -1.95. The Bertz CT molecular complexity index is 483. The standard InChI is InChI=1S/C8H7FN2O/c1-5-4-6-2-3-7(9)11(6)8(12)10-5/h2-4H,1H3,(H,10,12). The van der Waals surface area contributed by atoms with Crippen molar-refractivity contribution in [2.24, 2.45) is 0 Å². The number of nitrogens with one attached hydrogen (secondary N) is 1. The van der Waals surface area contributed by atoms with Crippen molar-refractivity contribution in [1.82, 2.24) is 9.38 Å². The summed E-state index contributed by atoms with van der Waals surface area (Å²) in [6.45, 7) is 1.76. The van der Waals surface area contributed by atoms with E-state index in [0.717, 1.165) is 10.1 Å². The lowest BCUT2D eigenvalue weighted by Crippen LogP contribution is -2.17. The van der Waals surface area contributed by atoms with Crippen LogP contribution in [0.5, 0.6) is 0 Å². The zero-order valence-electron chi connectivity index (χ0n) is 6.47. The van der Waals surface area contributed by atoms with Gasteiger partial charge in [0, 0.05) is 5.69 Å². The molecule has 0 atom stereocenters. The summed E-state index contributed by atoms with van der Waals surface area (Å²) in [6.07, 6.45) is 0. The van der Waals surface area contributed by atoms with Gasteiger partial charge in [-0.3, -0.25) is 0 Å². The summed E-state index contributed by atoms with van der Waals surface area (Å²) in [5.41, 5.74) is 0.867. The quantitative estimate of drug-likeness (QED) is 0.624. The van der Waals surface area contributed by atoms with Crippen LogP contribution in [0.25, 0.3) is 5.52 Å². The Kier molecular flexibility index (Phi) is 1.30. The van der Waals surface area contributed by atoms with E-state index in [1.165, 1.54) is 6.07 Å². The summed E-state index contributed by atoms with van der Waals surface area (Å²) in [6, 6.07) is 4.55. The highest BCUT2D eigenvalue weighted by Gasteiger charge is 2.03. The molecule has 12 heavy (non-hydrogen) atoms. The van der Waals surface area contributed by atoms with Crippen LogP contribution in [0, 0.1) is 12.9 Å². The Morgan fingerprint density at radius 3 is 3.00 bits per heavy atom. The molecule has 0 aliphatic rings. The summed E-state index contributed by atoms with van der Waals surface area (Å²) in [4.78, 5) is 13.7. The van der Waals surface area contributed by atoms with Gasteiger partial charge in [0.1, 0.15) is 0 Å². The maximum atomic E-state index is 12.9. The van der Waals surface area contributed by atoms with Crippen LogP contribution in [0.1, 0.15) is 5.69 Å². The van der Waals surface area contributed by atoms with E-state index in [-0.39, 0.29) is 0 Å². The van der Waals surface area contributed by atoms with Gasteiger partial charge in [-0.2, -0.15) is 4.39 Å². The maximum Gasteiger partial charge on any atom is 0.332 e. The molecule has 0 bridgehead atoms. The minimum Gasteiger partial charge on any atom is -0.311 e. The lowest BCUT2D eigenvalue weighted by molar-refractivity contribution is 0.564. The Morgan fingerprint density at radius 1 is 1.50 bits per heavy atom. The molecule has 0 fully saturated rings. The fraction of sp³-hybridized carbons (Fsp3) is 0.125. The molecule has 1 N–H and O–H groups in total. The van der Waals surface area contributed by atoms with E-state index in [4.69, 9.17) is 0 Å². The molecule has 2 aromatic heterocycles. The predicted octanol–water partition coefficient (Wildman–Crippen LogP) is 1.08. The second-order valence-corrected chi connectivity index (χ2v) is 2.67. The molecule has 4 heteroatoms. The second kappa shape index (κ2) is 2.20. The first-order valence-corrected chi connectivity index (χ1v) is 3.55. The monoisotopic (exact) mass is 166 g/mol. The Morgan fingerprint density at radius 2 is 2.25 bits per heavy atom. The molecule has 0 aliphatic heterocycles. The van der Waals surface area contributed by atoms with Crippen molar-refractivity contribution < 1.29 is 4.39 Å². The minimum atomic E-state index is -0.536. The number of aryl methyl sites for hydroxylation is 1. The third-order valence-corrected chi connectivity index (χ3v) is 1.74. The molecule has 0 saturated carbocycles. The van der Waals surface area contributed by atoms with Crippen LogP contribution in [0.4, 0.5) is 4.39 Å². The van der Waals surface area contributed by atoms with Crippen molar-refractivity contribution in [3.63, 3.8) is 0 Å². The van der Waals surface area contributed by atoms with E-state index < -0.39 is 11.6 Å². The van der Waals surface area contributed by atoms with Crippen LogP contribution in [0.15, 0.2) is 23.0 Å². The van der Waals surface area contributed by atoms with Crippen LogP contribution >= 0.6 is 0 Å². The number of H-pyrrole nitrogens is 1. The number of hydrogen-bond donors (Lipinski definition) is 1. The maximum absolute atomic E-state index is 12.9. The molecule has 0 saturated heterocycles. The third-order valence-electron chi connectivity index (χ3n) is 1.74. The van der Waals surface area contributed by atoms with E-state index in [2.05, 4.69) is 4.98 Å². The van der Waals surface area contributed by atoms with Gasteiger partial charge in [0.15, 0.2) is 0 Å². The molecule has 0 unspecified atom stereocenters. The Balaban J connectivity index is 3.03. The van der Waals surface area contributed by atoms with Gasteiger partial charge in [-0.1, -0.05) is 0 Å². The first-order chi connectivity index (χ1) is 5.68. The molecule has 0 radical (unpaired) electrons. The number of nitrogens with zero attached hydrogens (tertiary/aromatic N) is 1. The highest BCUT2D eigenvalue weighted by atomic mass is 19.1. The predicted molar refractivity (Wildman–Crippen MR) is 42.7 cm³/mol. The Labute approximate surface area is 67.5 Å². The Hall–Kier alpha value is -1.58. The van der Waals surface area contributed by atoms with Crippen molar-refractivity contribution in [3.8, 4) is 0 Å². The van der Waals surface area contributed by atoms with Crippen LogP contribution in [-0.2, 0) is 0 Å². The molecular weight excluding hydrogens is 159 g/mol. The van der Waals surface area contributed by atoms with Crippen LogP contribution in [0.3, 0.4) is 0 Å². The summed E-state index contributed by atoms with van der Waals surface area (Å²) in [5.74, 6) is -0.536. The smallest absolute Gasteiger partial charge is 0.311 e. The van der Waals surface area contributed by atoms with Crippen molar-refractivity contribution in [2.75, 3.05) is 0 Å². The van der Waals surface area contributed by atoms with Crippen molar-refractivity contribution in [1.29, 1.82) is 0 Å². The van der Waals surface area contributed by atoms with Gasteiger partial charge in [0.2, 0.25) is 5.95 Å². The van der Waals surface area contributed by atoms with E-state index in [9.17, 15) is 9.18 Å². The van der Waals surface area contributed by atoms with Gasteiger partial charge in [-0.05, 0) is 25.1 Å². The number of hydrogen-bond acceptors (Lipinski definition) is 1. The van der Waals surface area contributed by atoms with Crippen LogP contribution < -0.4 is 5.69 Å². The molecule has 0 spiro atoms. The SMILES string of the molecule is Cc1cc2ccc(F)n2c(=O)[nH]1.